The quantitative estimate of drug-likeness (QED) is 0.775. The van der Waals surface area contributed by atoms with Crippen molar-refractivity contribution in [3.05, 3.63) is 0 Å². The predicted molar refractivity (Wildman–Crippen MR) is 65.2 cm³/mol. The Bertz CT molecular complexity index is 254. The van der Waals surface area contributed by atoms with Crippen LogP contribution in [0.2, 0.25) is 0 Å². The zero-order chi connectivity index (χ0) is 11.5. The smallest absolute Gasteiger partial charge is 0.224 e. The van der Waals surface area contributed by atoms with Crippen molar-refractivity contribution in [3.63, 3.8) is 0 Å². The van der Waals surface area contributed by atoms with E-state index in [1.165, 1.54) is 25.7 Å². The Morgan fingerprint density at radius 3 is 2.75 bits per heavy atom. The lowest BCUT2D eigenvalue weighted by molar-refractivity contribution is -0.132. The van der Waals surface area contributed by atoms with Crippen LogP contribution in [0, 0.1) is 5.92 Å². The van der Waals surface area contributed by atoms with E-state index in [-0.39, 0.29) is 0 Å². The molecule has 0 radical (unpaired) electrons. The molecule has 16 heavy (non-hydrogen) atoms. The van der Waals surface area contributed by atoms with Crippen molar-refractivity contribution in [1.29, 1.82) is 0 Å². The third-order valence-corrected chi connectivity index (χ3v) is 4.20. The second-order valence-corrected chi connectivity index (χ2v) is 5.46. The van der Waals surface area contributed by atoms with Gasteiger partial charge in [-0.25, -0.2) is 0 Å². The first-order valence-electron chi connectivity index (χ1n) is 6.71. The van der Waals surface area contributed by atoms with Crippen LogP contribution in [-0.4, -0.2) is 36.0 Å². The Balaban J connectivity index is 1.86. The molecule has 92 valence electrons. The van der Waals surface area contributed by atoms with Crippen LogP contribution in [0.25, 0.3) is 0 Å². The molecule has 0 aromatic heterocycles. The molecule has 0 aliphatic carbocycles. The summed E-state index contributed by atoms with van der Waals surface area (Å²) in [6, 6.07) is 0.875. The van der Waals surface area contributed by atoms with Gasteiger partial charge in [-0.1, -0.05) is 6.92 Å². The average molecular weight is 224 g/mol. The van der Waals surface area contributed by atoms with Crippen LogP contribution in [0.15, 0.2) is 0 Å². The summed E-state index contributed by atoms with van der Waals surface area (Å²) in [6.07, 6.45) is 5.58. The van der Waals surface area contributed by atoms with Gasteiger partial charge in [0.05, 0.1) is 0 Å². The molecule has 2 aliphatic heterocycles. The fraction of sp³-hybridized carbons (Fsp3) is 0.923. The molecule has 0 spiro atoms. The van der Waals surface area contributed by atoms with Gasteiger partial charge in [0.15, 0.2) is 0 Å². The predicted octanol–water partition coefficient (Wildman–Crippen LogP) is 1.78. The van der Waals surface area contributed by atoms with Crippen LogP contribution in [0.3, 0.4) is 0 Å². The number of hydrogen-bond donors (Lipinski definition) is 1. The number of nitrogens with one attached hydrogen (secondary N) is 1. The largest absolute Gasteiger partial charge is 0.340 e. The highest BCUT2D eigenvalue weighted by Crippen LogP contribution is 2.22. The van der Waals surface area contributed by atoms with Crippen LogP contribution in [0.1, 0.15) is 46.0 Å². The first-order valence-corrected chi connectivity index (χ1v) is 6.71. The monoisotopic (exact) mass is 224 g/mol. The maximum absolute atomic E-state index is 12.2. The highest BCUT2D eigenvalue weighted by atomic mass is 16.2. The van der Waals surface area contributed by atoms with E-state index >= 15 is 0 Å². The van der Waals surface area contributed by atoms with Crippen molar-refractivity contribution >= 4 is 5.91 Å². The SMILES string of the molecule is CC1CCCNC1CC(=O)N1CCCC1C. The first kappa shape index (κ1) is 11.9. The average Bonchev–Trinajstić information content (AvgIpc) is 2.68. The standard InChI is InChI=1S/C13H24N2O/c1-10-5-3-7-14-12(10)9-13(16)15-8-4-6-11(15)2/h10-12,14H,3-9H2,1-2H3. The van der Waals surface area contributed by atoms with E-state index in [9.17, 15) is 4.79 Å². The minimum absolute atomic E-state index is 0.358. The molecule has 0 aromatic rings. The van der Waals surface area contributed by atoms with Crippen molar-refractivity contribution in [3.8, 4) is 0 Å². The summed E-state index contributed by atoms with van der Waals surface area (Å²) in [5.74, 6) is 1.01. The molecular formula is C13H24N2O. The van der Waals surface area contributed by atoms with Crippen molar-refractivity contribution in [2.75, 3.05) is 13.1 Å². The topological polar surface area (TPSA) is 32.3 Å². The molecule has 0 saturated carbocycles. The maximum Gasteiger partial charge on any atom is 0.224 e. The first-order chi connectivity index (χ1) is 7.68. The van der Waals surface area contributed by atoms with Gasteiger partial charge >= 0.3 is 0 Å². The summed E-state index contributed by atoms with van der Waals surface area (Å²) in [5, 5.41) is 3.49. The van der Waals surface area contributed by atoms with Crippen LogP contribution < -0.4 is 5.32 Å². The summed E-state index contributed by atoms with van der Waals surface area (Å²) < 4.78 is 0. The molecule has 1 N–H and O–H groups in total. The van der Waals surface area contributed by atoms with E-state index in [1.54, 1.807) is 0 Å². The Hall–Kier alpha value is -0.570. The number of carbonyl (C=O) groups is 1. The molecule has 2 aliphatic rings. The van der Waals surface area contributed by atoms with Gasteiger partial charge in [0, 0.05) is 25.0 Å². The molecule has 3 atom stereocenters. The minimum atomic E-state index is 0.358. The second kappa shape index (κ2) is 5.17. The van der Waals surface area contributed by atoms with Crippen LogP contribution in [-0.2, 0) is 4.79 Å². The van der Waals surface area contributed by atoms with E-state index < -0.39 is 0 Å². The highest BCUT2D eigenvalue weighted by molar-refractivity contribution is 5.77. The zero-order valence-electron chi connectivity index (χ0n) is 10.5. The van der Waals surface area contributed by atoms with Crippen molar-refractivity contribution in [1.82, 2.24) is 10.2 Å². The number of amides is 1. The third kappa shape index (κ3) is 2.57. The molecule has 2 heterocycles. The molecular weight excluding hydrogens is 200 g/mol. The number of rotatable bonds is 2. The molecule has 0 aromatic carbocycles. The molecule has 2 rings (SSSR count). The summed E-state index contributed by atoms with van der Waals surface area (Å²) >= 11 is 0. The highest BCUT2D eigenvalue weighted by Gasteiger charge is 2.29. The second-order valence-electron chi connectivity index (χ2n) is 5.46. The summed E-state index contributed by atoms with van der Waals surface area (Å²) in [7, 11) is 0. The molecule has 2 saturated heterocycles. The van der Waals surface area contributed by atoms with Gasteiger partial charge in [-0.05, 0) is 45.1 Å². The van der Waals surface area contributed by atoms with E-state index in [0.717, 1.165) is 13.1 Å². The molecule has 3 nitrogen and oxygen atoms in total. The van der Waals surface area contributed by atoms with Crippen LogP contribution >= 0.6 is 0 Å². The van der Waals surface area contributed by atoms with Crippen LogP contribution in [0.4, 0.5) is 0 Å². The van der Waals surface area contributed by atoms with Gasteiger partial charge in [0.2, 0.25) is 5.91 Å². The Kier molecular flexibility index (Phi) is 3.85. The van der Waals surface area contributed by atoms with Gasteiger partial charge in [-0.2, -0.15) is 0 Å². The molecule has 1 amide bonds. The fourth-order valence-electron chi connectivity index (χ4n) is 3.00. The summed E-state index contributed by atoms with van der Waals surface area (Å²) in [5.41, 5.74) is 0. The van der Waals surface area contributed by atoms with E-state index in [4.69, 9.17) is 0 Å². The number of likely N-dealkylation sites (tertiary alicyclic amines) is 1. The van der Waals surface area contributed by atoms with E-state index in [2.05, 4.69) is 24.1 Å². The summed E-state index contributed by atoms with van der Waals surface area (Å²) in [4.78, 5) is 14.2. The van der Waals surface area contributed by atoms with Crippen molar-refractivity contribution < 1.29 is 4.79 Å². The van der Waals surface area contributed by atoms with Gasteiger partial charge in [-0.3, -0.25) is 4.79 Å². The zero-order valence-corrected chi connectivity index (χ0v) is 10.5. The van der Waals surface area contributed by atoms with Crippen molar-refractivity contribution in [2.45, 2.75) is 58.0 Å². The van der Waals surface area contributed by atoms with E-state index in [1.807, 2.05) is 0 Å². The Labute approximate surface area is 98.6 Å². The Morgan fingerprint density at radius 2 is 2.12 bits per heavy atom. The number of nitrogens with zero attached hydrogens (tertiary/aromatic N) is 1. The minimum Gasteiger partial charge on any atom is -0.340 e. The number of hydrogen-bond acceptors (Lipinski definition) is 2. The maximum atomic E-state index is 12.2. The molecule has 3 unspecified atom stereocenters. The van der Waals surface area contributed by atoms with Gasteiger partial charge < -0.3 is 10.2 Å². The Morgan fingerprint density at radius 1 is 1.31 bits per heavy atom. The summed E-state index contributed by atoms with van der Waals surface area (Å²) in [6.45, 7) is 6.49. The molecule has 2 fully saturated rings. The lowest BCUT2D eigenvalue weighted by Gasteiger charge is -2.31. The van der Waals surface area contributed by atoms with Gasteiger partial charge in [0.1, 0.15) is 0 Å². The van der Waals surface area contributed by atoms with Gasteiger partial charge in [0.25, 0.3) is 0 Å². The van der Waals surface area contributed by atoms with Crippen LogP contribution in [0.5, 0.6) is 0 Å². The third-order valence-electron chi connectivity index (χ3n) is 4.20. The van der Waals surface area contributed by atoms with Gasteiger partial charge in [-0.15, -0.1) is 0 Å². The molecule has 0 bridgehead atoms. The van der Waals surface area contributed by atoms with Crippen molar-refractivity contribution in [2.24, 2.45) is 5.92 Å². The molecule has 3 heteroatoms. The lowest BCUT2D eigenvalue weighted by Crippen LogP contribution is -2.45. The lowest BCUT2D eigenvalue weighted by atomic mass is 9.90. The van der Waals surface area contributed by atoms with E-state index in [0.29, 0.717) is 30.3 Å². The number of piperidine rings is 1. The number of carbonyl (C=O) groups excluding carboxylic acids is 1. The fourth-order valence-corrected chi connectivity index (χ4v) is 3.00. The normalized spacial score (nSPS) is 35.4.